The molecule has 0 saturated carbocycles. The number of rotatable bonds is 0. The third kappa shape index (κ3) is 1.23. The van der Waals surface area contributed by atoms with Gasteiger partial charge in [-0.15, -0.1) is 5.10 Å². The van der Waals surface area contributed by atoms with E-state index >= 15 is 0 Å². The maximum atomic E-state index is 5.72. The third-order valence-electron chi connectivity index (χ3n) is 1.27. The summed E-state index contributed by atoms with van der Waals surface area (Å²) in [5.74, 6) is 0. The average molecular weight is 232 g/mol. The van der Waals surface area contributed by atoms with Gasteiger partial charge >= 0.3 is 0 Å². The zero-order valence-corrected chi connectivity index (χ0v) is 7.67. The van der Waals surface area contributed by atoms with Crippen LogP contribution in [0.2, 0.25) is 5.02 Å². The summed E-state index contributed by atoms with van der Waals surface area (Å²) in [6, 6.07) is 3.58. The van der Waals surface area contributed by atoms with Crippen molar-refractivity contribution in [3.8, 4) is 0 Å². The molecular weight excluding hydrogens is 229 g/mol. The molecule has 56 valence electrons. The van der Waals surface area contributed by atoms with Crippen molar-refractivity contribution in [2.45, 2.75) is 0 Å². The van der Waals surface area contributed by atoms with Crippen LogP contribution in [0.25, 0.3) is 5.65 Å². The number of pyridine rings is 1. The standard InChI is InChI=1S/C6H3BrClN3/c7-6-9-5-2-1-4(8)3-11(5)10-6/h1-3H. The van der Waals surface area contributed by atoms with E-state index in [9.17, 15) is 0 Å². The zero-order valence-electron chi connectivity index (χ0n) is 5.33. The summed E-state index contributed by atoms with van der Waals surface area (Å²) in [5, 5.41) is 4.66. The highest BCUT2D eigenvalue weighted by Gasteiger charge is 1.98. The number of aromatic nitrogens is 3. The molecular formula is C6H3BrClN3. The summed E-state index contributed by atoms with van der Waals surface area (Å²) < 4.78 is 2.19. The Morgan fingerprint density at radius 1 is 1.45 bits per heavy atom. The van der Waals surface area contributed by atoms with Crippen molar-refractivity contribution in [1.82, 2.24) is 14.6 Å². The monoisotopic (exact) mass is 231 g/mol. The van der Waals surface area contributed by atoms with Crippen LogP contribution < -0.4 is 0 Å². The topological polar surface area (TPSA) is 30.2 Å². The Morgan fingerprint density at radius 2 is 2.27 bits per heavy atom. The smallest absolute Gasteiger partial charge is 0.218 e. The maximum Gasteiger partial charge on any atom is 0.218 e. The lowest BCUT2D eigenvalue weighted by Gasteiger charge is -1.89. The number of hydrogen-bond acceptors (Lipinski definition) is 2. The maximum absolute atomic E-state index is 5.72. The Balaban J connectivity index is 2.82. The fourth-order valence-electron chi connectivity index (χ4n) is 0.831. The summed E-state index contributed by atoms with van der Waals surface area (Å²) >= 11 is 8.89. The highest BCUT2D eigenvalue weighted by atomic mass is 79.9. The summed E-state index contributed by atoms with van der Waals surface area (Å²) in [5.41, 5.74) is 0.779. The zero-order chi connectivity index (χ0) is 7.84. The molecule has 2 heterocycles. The van der Waals surface area contributed by atoms with Crippen molar-refractivity contribution in [3.63, 3.8) is 0 Å². The van der Waals surface area contributed by atoms with E-state index in [1.165, 1.54) is 0 Å². The van der Waals surface area contributed by atoms with Gasteiger partial charge in [0, 0.05) is 6.20 Å². The Labute approximate surface area is 76.1 Å². The predicted octanol–water partition coefficient (Wildman–Crippen LogP) is 2.15. The highest BCUT2D eigenvalue weighted by Crippen LogP contribution is 2.11. The fourth-order valence-corrected chi connectivity index (χ4v) is 1.34. The van der Waals surface area contributed by atoms with E-state index in [1.54, 1.807) is 22.8 Å². The van der Waals surface area contributed by atoms with Crippen LogP contribution in [0.15, 0.2) is 23.1 Å². The molecule has 2 aromatic rings. The Kier molecular flexibility index (Phi) is 1.58. The average Bonchev–Trinajstić information content (AvgIpc) is 2.27. The van der Waals surface area contributed by atoms with Crippen molar-refractivity contribution >= 4 is 33.2 Å². The van der Waals surface area contributed by atoms with Crippen molar-refractivity contribution in [3.05, 3.63) is 28.1 Å². The molecule has 0 saturated heterocycles. The first kappa shape index (κ1) is 7.06. The lowest BCUT2D eigenvalue weighted by atomic mass is 10.5. The van der Waals surface area contributed by atoms with Crippen LogP contribution >= 0.6 is 27.5 Å². The van der Waals surface area contributed by atoms with Crippen molar-refractivity contribution < 1.29 is 0 Å². The number of halogens is 2. The molecule has 0 N–H and O–H groups in total. The molecule has 0 fully saturated rings. The number of hydrogen-bond donors (Lipinski definition) is 0. The van der Waals surface area contributed by atoms with E-state index < -0.39 is 0 Å². The van der Waals surface area contributed by atoms with Gasteiger partial charge < -0.3 is 0 Å². The Morgan fingerprint density at radius 3 is 3.09 bits per heavy atom. The van der Waals surface area contributed by atoms with E-state index in [1.807, 2.05) is 0 Å². The van der Waals surface area contributed by atoms with Gasteiger partial charge in [0.2, 0.25) is 4.73 Å². The second-order valence-corrected chi connectivity index (χ2v) is 3.18. The Hall–Kier alpha value is -0.610. The second-order valence-electron chi connectivity index (χ2n) is 2.03. The molecule has 0 aliphatic carbocycles. The van der Waals surface area contributed by atoms with Crippen molar-refractivity contribution in [1.29, 1.82) is 0 Å². The van der Waals surface area contributed by atoms with Gasteiger partial charge in [-0.25, -0.2) is 9.50 Å². The number of nitrogens with zero attached hydrogens (tertiary/aromatic N) is 3. The number of fused-ring (bicyclic) bond motifs is 1. The summed E-state index contributed by atoms with van der Waals surface area (Å²) in [7, 11) is 0. The molecule has 0 aliphatic heterocycles. The van der Waals surface area contributed by atoms with Gasteiger partial charge in [-0.3, -0.25) is 0 Å². The highest BCUT2D eigenvalue weighted by molar-refractivity contribution is 9.10. The van der Waals surface area contributed by atoms with Gasteiger partial charge in [-0.2, -0.15) is 0 Å². The lowest BCUT2D eigenvalue weighted by Crippen LogP contribution is -1.84. The summed E-state index contributed by atoms with van der Waals surface area (Å²) in [4.78, 5) is 4.06. The van der Waals surface area contributed by atoms with Crippen LogP contribution in [0.4, 0.5) is 0 Å². The van der Waals surface area contributed by atoms with Gasteiger partial charge in [-0.1, -0.05) is 11.6 Å². The van der Waals surface area contributed by atoms with Crippen LogP contribution in [-0.2, 0) is 0 Å². The van der Waals surface area contributed by atoms with Gasteiger partial charge in [-0.05, 0) is 28.1 Å². The molecule has 0 unspecified atom stereocenters. The molecule has 2 rings (SSSR count). The second kappa shape index (κ2) is 2.46. The lowest BCUT2D eigenvalue weighted by molar-refractivity contribution is 0.946. The SMILES string of the molecule is Clc1ccc2nc(Br)nn2c1. The molecule has 5 heteroatoms. The molecule has 0 atom stereocenters. The van der Waals surface area contributed by atoms with E-state index in [0.717, 1.165) is 5.65 Å². The van der Waals surface area contributed by atoms with Gasteiger partial charge in [0.1, 0.15) is 0 Å². The molecule has 0 radical (unpaired) electrons. The molecule has 0 spiro atoms. The minimum atomic E-state index is 0.569. The molecule has 3 nitrogen and oxygen atoms in total. The first-order valence-electron chi connectivity index (χ1n) is 2.93. The van der Waals surface area contributed by atoms with Crippen LogP contribution in [0.1, 0.15) is 0 Å². The Bertz CT molecular complexity index is 398. The predicted molar refractivity (Wildman–Crippen MR) is 45.7 cm³/mol. The largest absolute Gasteiger partial charge is 0.218 e. The molecule has 0 bridgehead atoms. The van der Waals surface area contributed by atoms with E-state index in [0.29, 0.717) is 9.76 Å². The van der Waals surface area contributed by atoms with E-state index in [-0.39, 0.29) is 0 Å². The minimum absolute atomic E-state index is 0.569. The molecule has 0 aromatic carbocycles. The molecule has 11 heavy (non-hydrogen) atoms. The quantitative estimate of drug-likeness (QED) is 0.697. The van der Waals surface area contributed by atoms with Crippen LogP contribution in [0.3, 0.4) is 0 Å². The van der Waals surface area contributed by atoms with Crippen LogP contribution in [0.5, 0.6) is 0 Å². The molecule has 0 aliphatic rings. The van der Waals surface area contributed by atoms with E-state index in [2.05, 4.69) is 26.0 Å². The molecule has 2 aromatic heterocycles. The van der Waals surface area contributed by atoms with Gasteiger partial charge in [0.25, 0.3) is 0 Å². The van der Waals surface area contributed by atoms with Gasteiger partial charge in [0.05, 0.1) is 5.02 Å². The van der Waals surface area contributed by atoms with Crippen molar-refractivity contribution in [2.24, 2.45) is 0 Å². The summed E-state index contributed by atoms with van der Waals surface area (Å²) in [6.45, 7) is 0. The summed E-state index contributed by atoms with van der Waals surface area (Å²) in [6.07, 6.45) is 1.70. The van der Waals surface area contributed by atoms with Crippen molar-refractivity contribution in [2.75, 3.05) is 0 Å². The van der Waals surface area contributed by atoms with Gasteiger partial charge in [0.15, 0.2) is 5.65 Å². The molecule has 0 amide bonds. The first-order valence-corrected chi connectivity index (χ1v) is 4.10. The fraction of sp³-hybridized carbons (Fsp3) is 0. The normalized spacial score (nSPS) is 10.7. The van der Waals surface area contributed by atoms with Crippen LogP contribution in [-0.4, -0.2) is 14.6 Å². The van der Waals surface area contributed by atoms with Crippen LogP contribution in [0, 0.1) is 0 Å². The first-order chi connectivity index (χ1) is 5.25. The van der Waals surface area contributed by atoms with E-state index in [4.69, 9.17) is 11.6 Å². The minimum Gasteiger partial charge on any atom is -0.218 e. The third-order valence-corrected chi connectivity index (χ3v) is 1.83.